The van der Waals surface area contributed by atoms with Crippen molar-refractivity contribution in [2.24, 2.45) is 5.92 Å². The van der Waals surface area contributed by atoms with E-state index in [0.29, 0.717) is 43.6 Å². The number of fused-ring (bicyclic) bond motifs is 1. The van der Waals surface area contributed by atoms with Crippen molar-refractivity contribution in [1.29, 1.82) is 0 Å². The van der Waals surface area contributed by atoms with Gasteiger partial charge in [0.1, 0.15) is 13.2 Å². The Balaban J connectivity index is 1.58. The standard InChI is InChI=1S/C19H24N2O7/c1-12(18(23)20-5-6-25-2)28-19(24)13-9-17(22)21(11-13)14-3-4-15-16(10-14)27-8-7-26-15/h3-4,10,12-13H,5-9,11H2,1-2H3,(H,20,23)/t12-,13+/m0/s1. The van der Waals surface area contributed by atoms with E-state index < -0.39 is 23.9 Å². The molecule has 0 bridgehead atoms. The molecule has 9 heteroatoms. The van der Waals surface area contributed by atoms with E-state index in [9.17, 15) is 14.4 Å². The topological polar surface area (TPSA) is 103 Å². The number of carbonyl (C=O) groups excluding carboxylic acids is 3. The van der Waals surface area contributed by atoms with E-state index >= 15 is 0 Å². The van der Waals surface area contributed by atoms with Gasteiger partial charge >= 0.3 is 5.97 Å². The molecule has 0 saturated carbocycles. The SMILES string of the molecule is COCCNC(=O)[C@H](C)OC(=O)[C@@H]1CC(=O)N(c2ccc3c(c2)OCCO3)C1. The predicted molar refractivity (Wildman–Crippen MR) is 98.3 cm³/mol. The molecule has 9 nitrogen and oxygen atoms in total. The largest absolute Gasteiger partial charge is 0.486 e. The monoisotopic (exact) mass is 392 g/mol. The molecule has 0 spiro atoms. The van der Waals surface area contributed by atoms with Gasteiger partial charge in [-0.25, -0.2) is 0 Å². The third kappa shape index (κ3) is 4.53. The Morgan fingerprint density at radius 2 is 2.04 bits per heavy atom. The van der Waals surface area contributed by atoms with E-state index in [1.807, 2.05) is 0 Å². The van der Waals surface area contributed by atoms with Crippen LogP contribution in [0, 0.1) is 5.92 Å². The highest BCUT2D eigenvalue weighted by Gasteiger charge is 2.37. The Morgan fingerprint density at radius 1 is 1.29 bits per heavy atom. The zero-order valence-corrected chi connectivity index (χ0v) is 15.9. The van der Waals surface area contributed by atoms with Crippen LogP contribution < -0.4 is 19.7 Å². The number of hydrogen-bond donors (Lipinski definition) is 1. The fourth-order valence-electron chi connectivity index (χ4n) is 3.06. The van der Waals surface area contributed by atoms with Crippen LogP contribution in [0.4, 0.5) is 5.69 Å². The number of esters is 1. The molecule has 2 atom stereocenters. The van der Waals surface area contributed by atoms with Gasteiger partial charge in [-0.1, -0.05) is 0 Å². The van der Waals surface area contributed by atoms with E-state index in [0.717, 1.165) is 0 Å². The lowest BCUT2D eigenvalue weighted by Crippen LogP contribution is -2.38. The number of hydrogen-bond acceptors (Lipinski definition) is 7. The number of nitrogens with zero attached hydrogens (tertiary/aromatic N) is 1. The van der Waals surface area contributed by atoms with E-state index in [-0.39, 0.29) is 18.9 Å². The molecule has 1 saturated heterocycles. The molecule has 2 heterocycles. The third-order valence-electron chi connectivity index (χ3n) is 4.56. The van der Waals surface area contributed by atoms with E-state index in [1.54, 1.807) is 18.2 Å². The summed E-state index contributed by atoms with van der Waals surface area (Å²) in [6.07, 6.45) is -0.909. The first-order chi connectivity index (χ1) is 13.5. The first kappa shape index (κ1) is 19.9. The van der Waals surface area contributed by atoms with Crippen LogP contribution in [0.3, 0.4) is 0 Å². The Labute approximate surface area is 162 Å². The predicted octanol–water partition coefficient (Wildman–Crippen LogP) is 0.505. The number of methoxy groups -OCH3 is 1. The van der Waals surface area contributed by atoms with Crippen LogP contribution in [0.5, 0.6) is 11.5 Å². The van der Waals surface area contributed by atoms with Crippen molar-refractivity contribution in [2.45, 2.75) is 19.4 Å². The van der Waals surface area contributed by atoms with Gasteiger partial charge in [0.2, 0.25) is 5.91 Å². The van der Waals surface area contributed by atoms with Gasteiger partial charge in [-0.05, 0) is 19.1 Å². The number of carbonyl (C=O) groups is 3. The Morgan fingerprint density at radius 3 is 2.79 bits per heavy atom. The first-order valence-corrected chi connectivity index (χ1v) is 9.16. The molecule has 0 unspecified atom stereocenters. The molecule has 1 fully saturated rings. The molecule has 3 rings (SSSR count). The van der Waals surface area contributed by atoms with Gasteiger partial charge in [-0.2, -0.15) is 0 Å². The Bertz CT molecular complexity index is 752. The van der Waals surface area contributed by atoms with Crippen LogP contribution in [0.1, 0.15) is 13.3 Å². The van der Waals surface area contributed by atoms with Crippen LogP contribution in [0.2, 0.25) is 0 Å². The number of benzene rings is 1. The summed E-state index contributed by atoms with van der Waals surface area (Å²) < 4.78 is 21.1. The molecular weight excluding hydrogens is 368 g/mol. The van der Waals surface area contributed by atoms with E-state index in [2.05, 4.69) is 5.32 Å². The lowest BCUT2D eigenvalue weighted by Gasteiger charge is -2.22. The highest BCUT2D eigenvalue weighted by molar-refractivity contribution is 6.00. The normalized spacial score (nSPS) is 19.3. The average Bonchev–Trinajstić information content (AvgIpc) is 3.09. The Hall–Kier alpha value is -2.81. The van der Waals surface area contributed by atoms with Crippen molar-refractivity contribution in [3.05, 3.63) is 18.2 Å². The maximum absolute atomic E-state index is 12.4. The molecule has 1 N–H and O–H groups in total. The van der Waals surface area contributed by atoms with Gasteiger partial charge in [0.15, 0.2) is 17.6 Å². The summed E-state index contributed by atoms with van der Waals surface area (Å²) in [6, 6.07) is 5.23. The summed E-state index contributed by atoms with van der Waals surface area (Å²) in [4.78, 5) is 38.2. The van der Waals surface area contributed by atoms with Gasteiger partial charge in [-0.15, -0.1) is 0 Å². The molecule has 28 heavy (non-hydrogen) atoms. The maximum atomic E-state index is 12.4. The fraction of sp³-hybridized carbons (Fsp3) is 0.526. The third-order valence-corrected chi connectivity index (χ3v) is 4.56. The fourth-order valence-corrected chi connectivity index (χ4v) is 3.06. The Kier molecular flexibility index (Phi) is 6.35. The van der Waals surface area contributed by atoms with Crippen molar-refractivity contribution >= 4 is 23.5 Å². The minimum Gasteiger partial charge on any atom is -0.486 e. The highest BCUT2D eigenvalue weighted by atomic mass is 16.6. The molecule has 2 aliphatic rings. The quantitative estimate of drug-likeness (QED) is 0.532. The summed E-state index contributed by atoms with van der Waals surface area (Å²) in [6.45, 7) is 3.32. The number of amides is 2. The number of nitrogens with one attached hydrogen (secondary N) is 1. The van der Waals surface area contributed by atoms with Crippen LogP contribution in [0.25, 0.3) is 0 Å². The summed E-state index contributed by atoms with van der Waals surface area (Å²) in [5, 5.41) is 2.61. The molecular formula is C19H24N2O7. The van der Waals surface area contributed by atoms with Gasteiger partial charge in [0.05, 0.1) is 12.5 Å². The number of ether oxygens (including phenoxy) is 4. The average molecular weight is 392 g/mol. The molecule has 0 radical (unpaired) electrons. The lowest BCUT2D eigenvalue weighted by molar-refractivity contribution is -0.158. The zero-order valence-electron chi connectivity index (χ0n) is 15.9. The maximum Gasteiger partial charge on any atom is 0.312 e. The summed E-state index contributed by atoms with van der Waals surface area (Å²) in [7, 11) is 1.53. The second-order valence-electron chi connectivity index (χ2n) is 6.60. The molecule has 1 aromatic carbocycles. The molecule has 152 valence electrons. The summed E-state index contributed by atoms with van der Waals surface area (Å²) in [5.41, 5.74) is 0.634. The van der Waals surface area contributed by atoms with Gasteiger partial charge in [0.25, 0.3) is 5.91 Å². The van der Waals surface area contributed by atoms with Crippen molar-refractivity contribution in [3.63, 3.8) is 0 Å². The van der Waals surface area contributed by atoms with Crippen molar-refractivity contribution in [1.82, 2.24) is 5.32 Å². The van der Waals surface area contributed by atoms with E-state index in [4.69, 9.17) is 18.9 Å². The number of rotatable bonds is 7. The first-order valence-electron chi connectivity index (χ1n) is 9.16. The van der Waals surface area contributed by atoms with Crippen molar-refractivity contribution in [2.75, 3.05) is 44.9 Å². The van der Waals surface area contributed by atoms with Crippen molar-refractivity contribution < 1.29 is 33.3 Å². The minimum absolute atomic E-state index is 0.0330. The second-order valence-corrected chi connectivity index (χ2v) is 6.60. The van der Waals surface area contributed by atoms with Gasteiger partial charge in [-0.3, -0.25) is 14.4 Å². The molecule has 0 aromatic heterocycles. The molecule has 2 amide bonds. The van der Waals surface area contributed by atoms with E-state index in [1.165, 1.54) is 18.9 Å². The van der Waals surface area contributed by atoms with Crippen LogP contribution in [-0.4, -0.2) is 63.9 Å². The number of anilines is 1. The summed E-state index contributed by atoms with van der Waals surface area (Å²) in [5.74, 6) is -0.582. The highest BCUT2D eigenvalue weighted by Crippen LogP contribution is 2.36. The molecule has 2 aliphatic heterocycles. The lowest BCUT2D eigenvalue weighted by atomic mass is 10.1. The zero-order chi connectivity index (χ0) is 20.1. The summed E-state index contributed by atoms with van der Waals surface area (Å²) >= 11 is 0. The van der Waals surface area contributed by atoms with Gasteiger partial charge < -0.3 is 29.2 Å². The van der Waals surface area contributed by atoms with Crippen molar-refractivity contribution in [3.8, 4) is 11.5 Å². The second kappa shape index (κ2) is 8.92. The minimum atomic E-state index is -0.942. The van der Waals surface area contributed by atoms with Gasteiger partial charge in [0, 0.05) is 38.4 Å². The van der Waals surface area contributed by atoms with Crippen LogP contribution in [-0.2, 0) is 23.9 Å². The molecule has 1 aromatic rings. The smallest absolute Gasteiger partial charge is 0.312 e. The van der Waals surface area contributed by atoms with Crippen LogP contribution >= 0.6 is 0 Å². The molecule has 0 aliphatic carbocycles. The van der Waals surface area contributed by atoms with Crippen LogP contribution in [0.15, 0.2) is 18.2 Å².